The van der Waals surface area contributed by atoms with E-state index in [1.54, 1.807) is 6.07 Å². The van der Waals surface area contributed by atoms with Gasteiger partial charge in [0.2, 0.25) is 5.88 Å². The van der Waals surface area contributed by atoms with Gasteiger partial charge in [-0.3, -0.25) is 0 Å². The van der Waals surface area contributed by atoms with E-state index < -0.39 is 0 Å². The van der Waals surface area contributed by atoms with Gasteiger partial charge in [0.15, 0.2) is 0 Å². The summed E-state index contributed by atoms with van der Waals surface area (Å²) in [5.41, 5.74) is 1.09. The maximum atomic E-state index is 5.61. The molecule has 0 atom stereocenters. The number of aryl methyl sites for hydroxylation is 1. The van der Waals surface area contributed by atoms with Crippen molar-refractivity contribution in [3.05, 3.63) is 50.8 Å². The Morgan fingerprint density at radius 3 is 2.71 bits per heavy atom. The second-order valence-corrected chi connectivity index (χ2v) is 5.22. The minimum atomic E-state index is 0.488. The molecule has 0 saturated heterocycles. The molecule has 0 amide bonds. The fourth-order valence-corrected chi connectivity index (χ4v) is 2.26. The van der Waals surface area contributed by atoms with Crippen molar-refractivity contribution in [2.45, 2.75) is 13.5 Å². The summed E-state index contributed by atoms with van der Waals surface area (Å²) in [6.07, 6.45) is 0. The zero-order valence-corrected chi connectivity index (χ0v) is 12.3. The fraction of sp³-hybridized carbons (Fsp3) is 0.167. The summed E-state index contributed by atoms with van der Waals surface area (Å²) in [5.74, 6) is 1.26. The smallest absolute Gasteiger partial charge is 0.218 e. The summed E-state index contributed by atoms with van der Waals surface area (Å²) in [4.78, 5) is 8.32. The van der Waals surface area contributed by atoms with Gasteiger partial charge in [0, 0.05) is 10.5 Å². The lowest BCUT2D eigenvalue weighted by Gasteiger charge is -2.06. The third kappa shape index (κ3) is 3.78. The first-order chi connectivity index (χ1) is 8.13. The van der Waals surface area contributed by atoms with Gasteiger partial charge in [0.05, 0.1) is 0 Å². The van der Waals surface area contributed by atoms with E-state index in [4.69, 9.17) is 4.74 Å². The van der Waals surface area contributed by atoms with E-state index in [0.717, 1.165) is 14.6 Å². The van der Waals surface area contributed by atoms with E-state index in [1.807, 2.05) is 31.2 Å². The highest BCUT2D eigenvalue weighted by atomic mass is 79.9. The Balaban J connectivity index is 2.07. The molecule has 0 radical (unpaired) electrons. The number of hydrogen-bond donors (Lipinski definition) is 0. The van der Waals surface area contributed by atoms with Gasteiger partial charge in [-0.1, -0.05) is 28.1 Å². The summed E-state index contributed by atoms with van der Waals surface area (Å²) in [7, 11) is 0. The SMILES string of the molecule is Cc1nc(Br)cc(OCc2cccc(Br)c2)n1. The van der Waals surface area contributed by atoms with Crippen LogP contribution in [0, 0.1) is 6.92 Å². The Hall–Kier alpha value is -0.940. The van der Waals surface area contributed by atoms with Crippen LogP contribution in [-0.4, -0.2) is 9.97 Å². The van der Waals surface area contributed by atoms with E-state index >= 15 is 0 Å². The minimum Gasteiger partial charge on any atom is -0.473 e. The molecule has 3 nitrogen and oxygen atoms in total. The van der Waals surface area contributed by atoms with Crippen LogP contribution in [0.3, 0.4) is 0 Å². The zero-order chi connectivity index (χ0) is 12.3. The fourth-order valence-electron chi connectivity index (χ4n) is 1.36. The van der Waals surface area contributed by atoms with Crippen LogP contribution >= 0.6 is 31.9 Å². The lowest BCUT2D eigenvalue weighted by Crippen LogP contribution is -1.99. The standard InChI is InChI=1S/C12H10Br2N2O/c1-8-15-11(14)6-12(16-8)17-7-9-3-2-4-10(13)5-9/h2-6H,7H2,1H3. The normalized spacial score (nSPS) is 10.3. The van der Waals surface area contributed by atoms with Crippen LogP contribution in [0.25, 0.3) is 0 Å². The summed E-state index contributed by atoms with van der Waals surface area (Å²) in [6.45, 7) is 2.32. The van der Waals surface area contributed by atoms with Crippen LogP contribution in [-0.2, 0) is 6.61 Å². The van der Waals surface area contributed by atoms with Crippen molar-refractivity contribution in [3.8, 4) is 5.88 Å². The average molecular weight is 358 g/mol. The topological polar surface area (TPSA) is 35.0 Å². The van der Waals surface area contributed by atoms with Gasteiger partial charge < -0.3 is 4.74 Å². The molecule has 0 saturated carbocycles. The third-order valence-corrected chi connectivity index (χ3v) is 2.96. The molecule has 0 spiro atoms. The lowest BCUT2D eigenvalue weighted by molar-refractivity contribution is 0.292. The Bertz CT molecular complexity index is 511. The number of ether oxygens (including phenoxy) is 1. The van der Waals surface area contributed by atoms with Crippen molar-refractivity contribution in [2.75, 3.05) is 0 Å². The van der Waals surface area contributed by atoms with E-state index in [9.17, 15) is 0 Å². The number of benzene rings is 1. The van der Waals surface area contributed by atoms with Crippen molar-refractivity contribution in [3.63, 3.8) is 0 Å². The minimum absolute atomic E-state index is 0.488. The first-order valence-electron chi connectivity index (χ1n) is 5.02. The second-order valence-electron chi connectivity index (χ2n) is 3.49. The van der Waals surface area contributed by atoms with Crippen LogP contribution in [0.1, 0.15) is 11.4 Å². The highest BCUT2D eigenvalue weighted by Gasteiger charge is 2.01. The summed E-state index contributed by atoms with van der Waals surface area (Å²) in [6, 6.07) is 9.74. The van der Waals surface area contributed by atoms with Gasteiger partial charge >= 0.3 is 0 Å². The quantitative estimate of drug-likeness (QED) is 0.781. The van der Waals surface area contributed by atoms with Crippen LogP contribution in [0.4, 0.5) is 0 Å². The van der Waals surface area contributed by atoms with Crippen molar-refractivity contribution < 1.29 is 4.74 Å². The van der Waals surface area contributed by atoms with E-state index in [1.165, 1.54) is 0 Å². The molecule has 0 fully saturated rings. The summed E-state index contributed by atoms with van der Waals surface area (Å²) >= 11 is 6.74. The molecule has 2 aromatic rings. The molecule has 2 rings (SSSR count). The zero-order valence-electron chi connectivity index (χ0n) is 9.15. The molecule has 0 aliphatic rings. The highest BCUT2D eigenvalue weighted by molar-refractivity contribution is 9.10. The Morgan fingerprint density at radius 2 is 2.00 bits per heavy atom. The number of halogens is 2. The Morgan fingerprint density at radius 1 is 1.18 bits per heavy atom. The van der Waals surface area contributed by atoms with Crippen LogP contribution in [0.5, 0.6) is 5.88 Å². The van der Waals surface area contributed by atoms with Gasteiger partial charge in [-0.05, 0) is 40.5 Å². The number of nitrogens with zero attached hydrogens (tertiary/aromatic N) is 2. The maximum Gasteiger partial charge on any atom is 0.218 e. The highest BCUT2D eigenvalue weighted by Crippen LogP contribution is 2.17. The molecule has 1 aromatic heterocycles. The van der Waals surface area contributed by atoms with Gasteiger partial charge in [-0.15, -0.1) is 0 Å². The van der Waals surface area contributed by atoms with Gasteiger partial charge in [0.25, 0.3) is 0 Å². The largest absolute Gasteiger partial charge is 0.473 e. The molecule has 0 unspecified atom stereocenters. The molecular formula is C12H10Br2N2O. The van der Waals surface area contributed by atoms with Crippen molar-refractivity contribution in [2.24, 2.45) is 0 Å². The first kappa shape index (κ1) is 12.5. The van der Waals surface area contributed by atoms with Gasteiger partial charge in [-0.25, -0.2) is 4.98 Å². The van der Waals surface area contributed by atoms with Crippen LogP contribution < -0.4 is 4.74 Å². The van der Waals surface area contributed by atoms with E-state index in [0.29, 0.717) is 18.3 Å². The Labute approximate surface area is 117 Å². The predicted octanol–water partition coefficient (Wildman–Crippen LogP) is 3.89. The van der Waals surface area contributed by atoms with Gasteiger partial charge in [0.1, 0.15) is 17.0 Å². The van der Waals surface area contributed by atoms with Crippen molar-refractivity contribution in [1.82, 2.24) is 9.97 Å². The summed E-state index contributed by atoms with van der Waals surface area (Å²) in [5, 5.41) is 0. The molecule has 1 heterocycles. The van der Waals surface area contributed by atoms with Crippen molar-refractivity contribution in [1.29, 1.82) is 0 Å². The Kier molecular flexibility index (Phi) is 4.12. The number of hydrogen-bond acceptors (Lipinski definition) is 3. The van der Waals surface area contributed by atoms with Gasteiger partial charge in [-0.2, -0.15) is 4.98 Å². The van der Waals surface area contributed by atoms with Crippen LogP contribution in [0.15, 0.2) is 39.4 Å². The molecule has 0 bridgehead atoms. The van der Waals surface area contributed by atoms with E-state index in [-0.39, 0.29) is 0 Å². The molecule has 5 heteroatoms. The first-order valence-corrected chi connectivity index (χ1v) is 6.60. The van der Waals surface area contributed by atoms with Crippen LogP contribution in [0.2, 0.25) is 0 Å². The average Bonchev–Trinajstić information content (AvgIpc) is 2.25. The number of aromatic nitrogens is 2. The maximum absolute atomic E-state index is 5.61. The molecule has 0 aliphatic heterocycles. The molecule has 88 valence electrons. The summed E-state index contributed by atoms with van der Waals surface area (Å²) < 4.78 is 7.38. The second kappa shape index (κ2) is 5.60. The molecular weight excluding hydrogens is 348 g/mol. The molecule has 0 N–H and O–H groups in total. The molecule has 17 heavy (non-hydrogen) atoms. The third-order valence-electron chi connectivity index (χ3n) is 2.06. The lowest BCUT2D eigenvalue weighted by atomic mass is 10.2. The monoisotopic (exact) mass is 356 g/mol. The number of rotatable bonds is 3. The predicted molar refractivity (Wildman–Crippen MR) is 72.9 cm³/mol. The van der Waals surface area contributed by atoms with Crippen molar-refractivity contribution >= 4 is 31.9 Å². The molecule has 0 aliphatic carbocycles. The molecule has 1 aromatic carbocycles. The van der Waals surface area contributed by atoms with E-state index in [2.05, 4.69) is 41.8 Å².